The van der Waals surface area contributed by atoms with Gasteiger partial charge in [-0.2, -0.15) is 0 Å². The van der Waals surface area contributed by atoms with E-state index in [0.717, 1.165) is 41.1 Å². The van der Waals surface area contributed by atoms with Crippen LogP contribution in [-0.4, -0.2) is 24.0 Å². The largest absolute Gasteiger partial charge is 0.356 e. The van der Waals surface area contributed by atoms with E-state index in [4.69, 9.17) is 11.6 Å². The fourth-order valence-corrected chi connectivity index (χ4v) is 2.77. The highest BCUT2D eigenvalue weighted by Gasteiger charge is 2.20. The molecular formula is C15H16ClN3O. The van der Waals surface area contributed by atoms with Crippen LogP contribution in [0.25, 0.3) is 10.9 Å². The van der Waals surface area contributed by atoms with Crippen LogP contribution in [0.2, 0.25) is 5.02 Å². The molecule has 1 aliphatic rings. The summed E-state index contributed by atoms with van der Waals surface area (Å²) in [5.74, 6) is 0.532. The van der Waals surface area contributed by atoms with Gasteiger partial charge in [0.25, 0.3) is 0 Å². The van der Waals surface area contributed by atoms with Crippen LogP contribution in [0.4, 0.5) is 0 Å². The zero-order valence-corrected chi connectivity index (χ0v) is 11.8. The predicted molar refractivity (Wildman–Crippen MR) is 79.6 cm³/mol. The van der Waals surface area contributed by atoms with E-state index in [-0.39, 0.29) is 5.91 Å². The summed E-state index contributed by atoms with van der Waals surface area (Å²) in [5, 5.41) is 7.95. The van der Waals surface area contributed by atoms with Gasteiger partial charge in [0.2, 0.25) is 5.91 Å². The number of nitrogens with one attached hydrogen (secondary N) is 2. The van der Waals surface area contributed by atoms with Crippen molar-refractivity contribution in [2.75, 3.05) is 13.1 Å². The molecular weight excluding hydrogens is 274 g/mol. The van der Waals surface area contributed by atoms with Crippen molar-refractivity contribution < 1.29 is 4.79 Å². The Labute approximate surface area is 122 Å². The van der Waals surface area contributed by atoms with Crippen molar-refractivity contribution in [3.8, 4) is 0 Å². The summed E-state index contributed by atoms with van der Waals surface area (Å²) >= 11 is 6.18. The van der Waals surface area contributed by atoms with Gasteiger partial charge in [-0.25, -0.2) is 0 Å². The number of aromatic nitrogens is 1. The average Bonchev–Trinajstić information content (AvgIpc) is 2.87. The Morgan fingerprint density at radius 1 is 1.40 bits per heavy atom. The summed E-state index contributed by atoms with van der Waals surface area (Å²) < 4.78 is 0. The molecule has 1 aliphatic heterocycles. The Morgan fingerprint density at radius 3 is 3.10 bits per heavy atom. The molecule has 4 nitrogen and oxygen atoms in total. The zero-order valence-electron chi connectivity index (χ0n) is 11.0. The SMILES string of the molecule is O=C1CC(CNCc2ccc(Cl)c3cccnc23)CN1. The number of halogens is 1. The minimum Gasteiger partial charge on any atom is -0.356 e. The number of fused-ring (bicyclic) bond motifs is 1. The normalized spacial score (nSPS) is 18.4. The van der Waals surface area contributed by atoms with Crippen molar-refractivity contribution in [2.45, 2.75) is 13.0 Å². The lowest BCUT2D eigenvalue weighted by Crippen LogP contribution is -2.24. The lowest BCUT2D eigenvalue weighted by molar-refractivity contribution is -0.119. The molecule has 2 N–H and O–H groups in total. The molecule has 1 aromatic carbocycles. The van der Waals surface area contributed by atoms with Gasteiger partial charge in [-0.1, -0.05) is 17.7 Å². The van der Waals surface area contributed by atoms with Crippen molar-refractivity contribution in [3.05, 3.63) is 41.0 Å². The minimum absolute atomic E-state index is 0.149. The summed E-state index contributed by atoms with van der Waals surface area (Å²) in [6.45, 7) is 2.33. The average molecular weight is 290 g/mol. The van der Waals surface area contributed by atoms with E-state index in [9.17, 15) is 4.79 Å². The third kappa shape index (κ3) is 2.76. The molecule has 1 atom stereocenters. The molecule has 20 heavy (non-hydrogen) atoms. The Hall–Kier alpha value is -1.65. The van der Waals surface area contributed by atoms with E-state index < -0.39 is 0 Å². The maximum atomic E-state index is 11.1. The summed E-state index contributed by atoms with van der Waals surface area (Å²) in [6, 6.07) is 7.78. The minimum atomic E-state index is 0.149. The monoisotopic (exact) mass is 289 g/mol. The van der Waals surface area contributed by atoms with Gasteiger partial charge < -0.3 is 10.6 Å². The van der Waals surface area contributed by atoms with Crippen LogP contribution in [0.1, 0.15) is 12.0 Å². The molecule has 1 saturated heterocycles. The van der Waals surface area contributed by atoms with Crippen molar-refractivity contribution >= 4 is 28.4 Å². The second-order valence-corrected chi connectivity index (χ2v) is 5.52. The highest BCUT2D eigenvalue weighted by Crippen LogP contribution is 2.24. The van der Waals surface area contributed by atoms with Gasteiger partial charge in [-0.15, -0.1) is 0 Å². The Bertz CT molecular complexity index is 644. The topological polar surface area (TPSA) is 54.0 Å². The number of benzene rings is 1. The number of pyridine rings is 1. The maximum absolute atomic E-state index is 11.1. The summed E-state index contributed by atoms with van der Waals surface area (Å²) in [7, 11) is 0. The zero-order chi connectivity index (χ0) is 13.9. The lowest BCUT2D eigenvalue weighted by atomic mass is 10.1. The van der Waals surface area contributed by atoms with Gasteiger partial charge in [0.15, 0.2) is 0 Å². The van der Waals surface area contributed by atoms with Crippen LogP contribution in [0.3, 0.4) is 0 Å². The van der Waals surface area contributed by atoms with Crippen molar-refractivity contribution in [1.29, 1.82) is 0 Å². The van der Waals surface area contributed by atoms with Crippen LogP contribution >= 0.6 is 11.6 Å². The molecule has 1 fully saturated rings. The first kappa shape index (κ1) is 13.3. The van der Waals surface area contributed by atoms with Crippen LogP contribution in [0.15, 0.2) is 30.5 Å². The number of carbonyl (C=O) groups is 1. The summed E-state index contributed by atoms with van der Waals surface area (Å²) in [4.78, 5) is 15.5. The quantitative estimate of drug-likeness (QED) is 0.906. The third-order valence-electron chi connectivity index (χ3n) is 3.61. The highest BCUT2D eigenvalue weighted by atomic mass is 35.5. The smallest absolute Gasteiger partial charge is 0.220 e. The van der Waals surface area contributed by atoms with Gasteiger partial charge in [0, 0.05) is 42.7 Å². The second kappa shape index (κ2) is 5.77. The summed E-state index contributed by atoms with van der Waals surface area (Å²) in [5.41, 5.74) is 2.07. The van der Waals surface area contributed by atoms with E-state index in [1.807, 2.05) is 24.3 Å². The lowest BCUT2D eigenvalue weighted by Gasteiger charge is -2.11. The van der Waals surface area contributed by atoms with Crippen LogP contribution < -0.4 is 10.6 Å². The van der Waals surface area contributed by atoms with Gasteiger partial charge in [-0.05, 0) is 29.7 Å². The molecule has 104 valence electrons. The molecule has 2 aromatic rings. The number of rotatable bonds is 4. The number of hydrogen-bond acceptors (Lipinski definition) is 3. The highest BCUT2D eigenvalue weighted by molar-refractivity contribution is 6.35. The molecule has 1 amide bonds. The van der Waals surface area contributed by atoms with Crippen LogP contribution in [0.5, 0.6) is 0 Å². The first-order valence-electron chi connectivity index (χ1n) is 6.73. The van der Waals surface area contributed by atoms with E-state index in [0.29, 0.717) is 12.3 Å². The fraction of sp³-hybridized carbons (Fsp3) is 0.333. The van der Waals surface area contributed by atoms with Crippen LogP contribution in [-0.2, 0) is 11.3 Å². The molecule has 5 heteroatoms. The van der Waals surface area contributed by atoms with Crippen LogP contribution in [0, 0.1) is 5.92 Å². The van der Waals surface area contributed by atoms with Gasteiger partial charge in [0.05, 0.1) is 5.52 Å². The van der Waals surface area contributed by atoms with Crippen molar-refractivity contribution in [3.63, 3.8) is 0 Å². The van der Waals surface area contributed by atoms with Gasteiger partial charge in [-0.3, -0.25) is 9.78 Å². The van der Waals surface area contributed by atoms with E-state index in [1.54, 1.807) is 6.20 Å². The Balaban J connectivity index is 1.69. The van der Waals surface area contributed by atoms with Gasteiger partial charge >= 0.3 is 0 Å². The van der Waals surface area contributed by atoms with Crippen molar-refractivity contribution in [2.24, 2.45) is 5.92 Å². The molecule has 0 bridgehead atoms. The summed E-state index contributed by atoms with van der Waals surface area (Å²) in [6.07, 6.45) is 2.40. The molecule has 0 aliphatic carbocycles. The molecule has 3 rings (SSSR count). The standard InChI is InChI=1S/C15H16ClN3O/c16-13-4-3-11(15-12(13)2-1-5-18-15)9-17-7-10-6-14(20)19-8-10/h1-5,10,17H,6-9H2,(H,19,20). The third-order valence-corrected chi connectivity index (χ3v) is 3.94. The Kier molecular flexibility index (Phi) is 3.85. The molecule has 0 saturated carbocycles. The number of hydrogen-bond donors (Lipinski definition) is 2. The maximum Gasteiger partial charge on any atom is 0.220 e. The first-order valence-corrected chi connectivity index (χ1v) is 7.11. The predicted octanol–water partition coefficient (Wildman–Crippen LogP) is 2.11. The van der Waals surface area contributed by atoms with Gasteiger partial charge in [0.1, 0.15) is 0 Å². The van der Waals surface area contributed by atoms with E-state index in [2.05, 4.69) is 15.6 Å². The molecule has 2 heterocycles. The van der Waals surface area contributed by atoms with E-state index >= 15 is 0 Å². The number of nitrogens with zero attached hydrogens (tertiary/aromatic N) is 1. The Morgan fingerprint density at radius 2 is 2.30 bits per heavy atom. The first-order chi connectivity index (χ1) is 9.74. The van der Waals surface area contributed by atoms with Crippen molar-refractivity contribution in [1.82, 2.24) is 15.6 Å². The molecule has 0 spiro atoms. The number of amides is 1. The molecule has 1 aromatic heterocycles. The second-order valence-electron chi connectivity index (χ2n) is 5.11. The van der Waals surface area contributed by atoms with E-state index in [1.165, 1.54) is 0 Å². The molecule has 1 unspecified atom stereocenters. The fourth-order valence-electron chi connectivity index (χ4n) is 2.56. The molecule has 0 radical (unpaired) electrons. The number of carbonyl (C=O) groups excluding carboxylic acids is 1.